The molecule has 1 aliphatic carbocycles. The minimum absolute atomic E-state index is 0.0425. The molecule has 0 amide bonds. The Morgan fingerprint density at radius 1 is 1.39 bits per heavy atom. The van der Waals surface area contributed by atoms with Crippen LogP contribution < -0.4 is 0 Å². The van der Waals surface area contributed by atoms with Gasteiger partial charge in [0.2, 0.25) is 0 Å². The third-order valence-electron chi connectivity index (χ3n) is 5.33. The van der Waals surface area contributed by atoms with E-state index in [1.807, 2.05) is 6.92 Å². The number of aliphatic hydroxyl groups is 1. The summed E-state index contributed by atoms with van der Waals surface area (Å²) in [6.07, 6.45) is 5.50. The Hall–Kier alpha value is -1.46. The maximum Gasteiger partial charge on any atom is 0.137 e. The summed E-state index contributed by atoms with van der Waals surface area (Å²) in [6.45, 7) is 2.39. The molecular weight excluding hydrogens is 317 g/mol. The topological polar surface area (TPSA) is 50.9 Å². The molecule has 3 atom stereocenters. The molecule has 1 heterocycles. The van der Waals surface area contributed by atoms with E-state index in [9.17, 15) is 9.50 Å². The van der Waals surface area contributed by atoms with Gasteiger partial charge in [0.15, 0.2) is 0 Å². The summed E-state index contributed by atoms with van der Waals surface area (Å²) in [7, 11) is 0. The van der Waals surface area contributed by atoms with Gasteiger partial charge in [-0.3, -0.25) is 4.68 Å². The van der Waals surface area contributed by atoms with Gasteiger partial charge in [-0.25, -0.2) is 9.37 Å². The van der Waals surface area contributed by atoms with E-state index in [1.54, 1.807) is 23.1 Å². The second-order valence-electron chi connectivity index (χ2n) is 6.78. The van der Waals surface area contributed by atoms with Crippen LogP contribution in [0.1, 0.15) is 25.3 Å². The van der Waals surface area contributed by atoms with Crippen LogP contribution in [0, 0.1) is 17.2 Å². The molecule has 1 aromatic heterocycles. The number of hydrogen-bond donors (Lipinski definition) is 1. The smallest absolute Gasteiger partial charge is 0.137 e. The van der Waals surface area contributed by atoms with E-state index < -0.39 is 5.60 Å². The molecule has 6 heteroatoms. The molecule has 1 fully saturated rings. The Bertz CT molecular complexity index is 648. The number of aromatic nitrogens is 3. The molecule has 1 aliphatic rings. The van der Waals surface area contributed by atoms with Gasteiger partial charge in [0.05, 0.1) is 12.1 Å². The molecule has 124 valence electrons. The molecule has 0 bridgehead atoms. The van der Waals surface area contributed by atoms with Gasteiger partial charge in [-0.05, 0) is 42.9 Å². The van der Waals surface area contributed by atoms with Gasteiger partial charge < -0.3 is 5.11 Å². The molecule has 0 radical (unpaired) electrons. The lowest BCUT2D eigenvalue weighted by Crippen LogP contribution is -2.51. The summed E-state index contributed by atoms with van der Waals surface area (Å²) in [5, 5.41) is 15.6. The zero-order valence-corrected chi connectivity index (χ0v) is 13.9. The second kappa shape index (κ2) is 6.21. The standard InChI is InChI=1S/C17H21ClFN3O/c1-16(9-18)7-6-14(8-13-2-4-15(19)5-3-13)17(16,23)10-22-12-20-11-21-22/h2-5,11-12,14,23H,6-10H2,1H3/t14?,16?,17-/m0/s1. The Morgan fingerprint density at radius 2 is 2.13 bits per heavy atom. The third-order valence-corrected chi connectivity index (χ3v) is 5.91. The first-order valence-electron chi connectivity index (χ1n) is 7.82. The zero-order chi connectivity index (χ0) is 16.5. The lowest BCUT2D eigenvalue weighted by atomic mass is 9.72. The Balaban J connectivity index is 1.87. The Morgan fingerprint density at radius 3 is 2.74 bits per heavy atom. The highest BCUT2D eigenvalue weighted by molar-refractivity contribution is 6.18. The summed E-state index contributed by atoms with van der Waals surface area (Å²) >= 11 is 6.21. The van der Waals surface area contributed by atoms with E-state index in [-0.39, 0.29) is 17.2 Å². The van der Waals surface area contributed by atoms with Gasteiger partial charge in [-0.15, -0.1) is 11.6 Å². The molecule has 3 rings (SSSR count). The maximum absolute atomic E-state index is 13.1. The number of halogens is 2. The molecule has 4 nitrogen and oxygen atoms in total. The fraction of sp³-hybridized carbons (Fsp3) is 0.529. The van der Waals surface area contributed by atoms with E-state index in [0.717, 1.165) is 18.4 Å². The third kappa shape index (κ3) is 3.00. The van der Waals surface area contributed by atoms with Gasteiger partial charge >= 0.3 is 0 Å². The van der Waals surface area contributed by atoms with Crippen LogP contribution in [0.3, 0.4) is 0 Å². The van der Waals surface area contributed by atoms with Crippen molar-refractivity contribution in [3.63, 3.8) is 0 Å². The molecule has 2 aromatic rings. The van der Waals surface area contributed by atoms with Gasteiger partial charge in [-0.2, -0.15) is 5.10 Å². The van der Waals surface area contributed by atoms with Crippen molar-refractivity contribution in [2.45, 2.75) is 38.3 Å². The van der Waals surface area contributed by atoms with Crippen LogP contribution in [0.15, 0.2) is 36.9 Å². The van der Waals surface area contributed by atoms with Crippen molar-refractivity contribution in [1.29, 1.82) is 0 Å². The average molecular weight is 338 g/mol. The average Bonchev–Trinajstić information content (AvgIpc) is 3.12. The summed E-state index contributed by atoms with van der Waals surface area (Å²) in [5.74, 6) is 0.183. The van der Waals surface area contributed by atoms with E-state index >= 15 is 0 Å². The number of benzene rings is 1. The molecule has 1 N–H and O–H groups in total. The second-order valence-corrected chi connectivity index (χ2v) is 7.05. The summed E-state index contributed by atoms with van der Waals surface area (Å²) in [6, 6.07) is 6.48. The molecule has 2 unspecified atom stereocenters. The molecular formula is C17H21ClFN3O. The van der Waals surface area contributed by atoms with Gasteiger partial charge in [0.25, 0.3) is 0 Å². The highest BCUT2D eigenvalue weighted by Gasteiger charge is 2.56. The molecule has 23 heavy (non-hydrogen) atoms. The Kier molecular flexibility index (Phi) is 4.43. The molecule has 0 spiro atoms. The minimum Gasteiger partial charge on any atom is -0.387 e. The first-order chi connectivity index (χ1) is 11.0. The van der Waals surface area contributed by atoms with Crippen LogP contribution in [-0.4, -0.2) is 31.4 Å². The predicted octanol–water partition coefficient (Wildman–Crippen LogP) is 3.05. The van der Waals surface area contributed by atoms with Crippen molar-refractivity contribution >= 4 is 11.6 Å². The molecule has 1 saturated carbocycles. The van der Waals surface area contributed by atoms with Gasteiger partial charge in [0, 0.05) is 11.3 Å². The normalized spacial score (nSPS) is 30.7. The number of rotatable bonds is 5. The predicted molar refractivity (Wildman–Crippen MR) is 86.6 cm³/mol. The van der Waals surface area contributed by atoms with E-state index in [2.05, 4.69) is 10.1 Å². The number of hydrogen-bond acceptors (Lipinski definition) is 3. The fourth-order valence-corrected chi connectivity index (χ4v) is 4.05. The lowest BCUT2D eigenvalue weighted by Gasteiger charge is -2.42. The molecule has 0 saturated heterocycles. The van der Waals surface area contributed by atoms with E-state index in [4.69, 9.17) is 11.6 Å². The summed E-state index contributed by atoms with van der Waals surface area (Å²) in [5.41, 5.74) is -0.338. The zero-order valence-electron chi connectivity index (χ0n) is 13.1. The van der Waals surface area contributed by atoms with Crippen molar-refractivity contribution in [3.05, 3.63) is 48.3 Å². The van der Waals surface area contributed by atoms with Crippen molar-refractivity contribution in [1.82, 2.24) is 14.8 Å². The monoisotopic (exact) mass is 337 g/mol. The summed E-state index contributed by atoms with van der Waals surface area (Å²) < 4.78 is 14.8. The van der Waals surface area contributed by atoms with Crippen molar-refractivity contribution in [2.24, 2.45) is 11.3 Å². The highest BCUT2D eigenvalue weighted by Crippen LogP contribution is 2.52. The van der Waals surface area contributed by atoms with Crippen molar-refractivity contribution in [2.75, 3.05) is 5.88 Å². The van der Waals surface area contributed by atoms with E-state index in [0.29, 0.717) is 18.8 Å². The SMILES string of the molecule is CC1(CCl)CCC(Cc2ccc(F)cc2)[C@@]1(O)Cn1cncn1. The first-order valence-corrected chi connectivity index (χ1v) is 8.35. The summed E-state index contributed by atoms with van der Waals surface area (Å²) in [4.78, 5) is 3.95. The van der Waals surface area contributed by atoms with Crippen molar-refractivity contribution < 1.29 is 9.50 Å². The van der Waals surface area contributed by atoms with Crippen molar-refractivity contribution in [3.8, 4) is 0 Å². The quantitative estimate of drug-likeness (QED) is 0.853. The van der Waals surface area contributed by atoms with Crippen LogP contribution in [0.25, 0.3) is 0 Å². The maximum atomic E-state index is 13.1. The van der Waals surface area contributed by atoms with Crippen LogP contribution in [0.5, 0.6) is 0 Å². The number of nitrogens with zero attached hydrogens (tertiary/aromatic N) is 3. The highest BCUT2D eigenvalue weighted by atomic mass is 35.5. The van der Waals surface area contributed by atoms with Gasteiger partial charge in [0.1, 0.15) is 18.5 Å². The minimum atomic E-state index is -0.975. The molecule has 0 aliphatic heterocycles. The first kappa shape index (κ1) is 16.4. The van der Waals surface area contributed by atoms with Crippen LogP contribution in [-0.2, 0) is 13.0 Å². The number of alkyl halides is 1. The van der Waals surface area contributed by atoms with E-state index in [1.165, 1.54) is 18.5 Å². The van der Waals surface area contributed by atoms with Gasteiger partial charge in [-0.1, -0.05) is 19.1 Å². The molecule has 1 aromatic carbocycles. The largest absolute Gasteiger partial charge is 0.387 e. The van der Waals surface area contributed by atoms with Crippen LogP contribution in [0.2, 0.25) is 0 Å². The fourth-order valence-electron chi connectivity index (χ4n) is 3.68. The van der Waals surface area contributed by atoms with Crippen LogP contribution >= 0.6 is 11.6 Å². The van der Waals surface area contributed by atoms with Crippen LogP contribution in [0.4, 0.5) is 4.39 Å². The lowest BCUT2D eigenvalue weighted by molar-refractivity contribution is -0.0891. The Labute approximate surface area is 140 Å².